The Morgan fingerprint density at radius 3 is 2.39 bits per heavy atom. The van der Waals surface area contributed by atoms with E-state index in [-0.39, 0.29) is 17.2 Å². The summed E-state index contributed by atoms with van der Waals surface area (Å²) >= 11 is 1.38. The molecular weight excluding hydrogens is 412 g/mol. The van der Waals surface area contributed by atoms with Gasteiger partial charge in [0, 0.05) is 29.3 Å². The second-order valence-corrected chi connectivity index (χ2v) is 8.79. The topological polar surface area (TPSA) is 90.9 Å². The third-order valence-electron chi connectivity index (χ3n) is 5.65. The molecule has 3 aromatic rings. The highest BCUT2D eigenvalue weighted by molar-refractivity contribution is 7.99. The molecule has 8 heteroatoms. The Kier molecular flexibility index (Phi) is 6.46. The molecule has 1 saturated carbocycles. The maximum atomic E-state index is 12.7. The third kappa shape index (κ3) is 4.85. The van der Waals surface area contributed by atoms with Crippen molar-refractivity contribution in [2.75, 3.05) is 5.75 Å². The average Bonchev–Trinajstić information content (AvgIpc) is 3.22. The molecule has 1 aromatic heterocycles. The van der Waals surface area contributed by atoms with E-state index in [1.165, 1.54) is 60.9 Å². The fourth-order valence-electron chi connectivity index (χ4n) is 3.93. The van der Waals surface area contributed by atoms with E-state index in [0.717, 1.165) is 29.4 Å². The van der Waals surface area contributed by atoms with Crippen LogP contribution in [0, 0.1) is 17.0 Å². The van der Waals surface area contributed by atoms with Gasteiger partial charge in [0.25, 0.3) is 5.69 Å². The first-order valence-corrected chi connectivity index (χ1v) is 11.4. The number of nitro groups is 1. The fraction of sp³-hybridized carbons (Fsp3) is 0.348. The second kappa shape index (κ2) is 9.43. The fourth-order valence-corrected chi connectivity index (χ4v) is 4.83. The number of benzene rings is 2. The van der Waals surface area contributed by atoms with Gasteiger partial charge in [0.05, 0.1) is 10.7 Å². The van der Waals surface area contributed by atoms with Crippen LogP contribution >= 0.6 is 11.8 Å². The monoisotopic (exact) mass is 436 g/mol. The molecule has 160 valence electrons. The molecule has 2 aromatic carbocycles. The maximum Gasteiger partial charge on any atom is 0.269 e. The molecule has 0 amide bonds. The maximum absolute atomic E-state index is 12.7. The van der Waals surface area contributed by atoms with E-state index in [1.54, 1.807) is 0 Å². The van der Waals surface area contributed by atoms with Gasteiger partial charge in [0.15, 0.2) is 16.8 Å². The number of non-ortho nitro benzene ring substituents is 1. The third-order valence-corrected chi connectivity index (χ3v) is 6.59. The minimum Gasteiger partial charge on any atom is -0.299 e. The van der Waals surface area contributed by atoms with Gasteiger partial charge in [-0.2, -0.15) is 0 Å². The van der Waals surface area contributed by atoms with E-state index < -0.39 is 4.92 Å². The van der Waals surface area contributed by atoms with Crippen molar-refractivity contribution in [1.29, 1.82) is 0 Å². The number of nitro benzene ring substituents is 1. The van der Waals surface area contributed by atoms with Crippen LogP contribution in [-0.2, 0) is 0 Å². The van der Waals surface area contributed by atoms with E-state index in [1.807, 2.05) is 0 Å². The summed E-state index contributed by atoms with van der Waals surface area (Å²) in [6.45, 7) is 2.06. The van der Waals surface area contributed by atoms with E-state index in [0.29, 0.717) is 11.6 Å². The summed E-state index contributed by atoms with van der Waals surface area (Å²) < 4.78 is 2.21. The van der Waals surface area contributed by atoms with Crippen LogP contribution in [0.15, 0.2) is 53.7 Å². The first-order chi connectivity index (χ1) is 15.0. The molecule has 0 atom stereocenters. The highest BCUT2D eigenvalue weighted by Crippen LogP contribution is 2.35. The SMILES string of the molecule is Cc1ccc(-c2nnc(SCC(=O)c3ccc([N+](=O)[O-])cc3)n2C2CCCCC2)cc1. The standard InChI is InChI=1S/C23H24N4O3S/c1-16-7-9-18(10-8-16)22-24-25-23(26(22)19-5-3-2-4-6-19)31-15-21(28)17-11-13-20(14-12-17)27(29)30/h7-14,19H,2-6,15H2,1H3. The molecule has 0 N–H and O–H groups in total. The number of carbonyl (C=O) groups excluding carboxylic acids is 1. The van der Waals surface area contributed by atoms with Crippen molar-refractivity contribution in [1.82, 2.24) is 14.8 Å². The second-order valence-electron chi connectivity index (χ2n) is 7.85. The van der Waals surface area contributed by atoms with Crippen molar-refractivity contribution in [3.05, 3.63) is 69.8 Å². The van der Waals surface area contributed by atoms with Gasteiger partial charge in [-0.1, -0.05) is 60.9 Å². The lowest BCUT2D eigenvalue weighted by atomic mass is 9.95. The minimum absolute atomic E-state index is 0.0241. The summed E-state index contributed by atoms with van der Waals surface area (Å²) in [5.41, 5.74) is 2.65. The van der Waals surface area contributed by atoms with Crippen molar-refractivity contribution in [3.8, 4) is 11.4 Å². The summed E-state index contributed by atoms with van der Waals surface area (Å²) in [4.78, 5) is 23.0. The number of aromatic nitrogens is 3. The molecule has 0 aliphatic heterocycles. The minimum atomic E-state index is -0.470. The zero-order chi connectivity index (χ0) is 21.8. The van der Waals surface area contributed by atoms with Crippen LogP contribution in [0.2, 0.25) is 0 Å². The number of ketones is 1. The van der Waals surface area contributed by atoms with Crippen LogP contribution in [0.25, 0.3) is 11.4 Å². The lowest BCUT2D eigenvalue weighted by Gasteiger charge is -2.25. The number of aryl methyl sites for hydroxylation is 1. The highest BCUT2D eigenvalue weighted by Gasteiger charge is 2.24. The normalized spacial score (nSPS) is 14.5. The van der Waals surface area contributed by atoms with Crippen LogP contribution in [0.3, 0.4) is 0 Å². The Morgan fingerprint density at radius 1 is 1.06 bits per heavy atom. The highest BCUT2D eigenvalue weighted by atomic mass is 32.2. The molecule has 0 unspecified atom stereocenters. The molecule has 31 heavy (non-hydrogen) atoms. The van der Waals surface area contributed by atoms with Gasteiger partial charge in [-0.25, -0.2) is 0 Å². The summed E-state index contributed by atoms with van der Waals surface area (Å²) in [6.07, 6.45) is 5.78. The van der Waals surface area contributed by atoms with Gasteiger partial charge in [-0.3, -0.25) is 19.5 Å². The first-order valence-electron chi connectivity index (χ1n) is 10.5. The van der Waals surface area contributed by atoms with Crippen molar-refractivity contribution < 1.29 is 9.72 Å². The summed E-state index contributed by atoms with van der Waals surface area (Å²) in [7, 11) is 0. The van der Waals surface area contributed by atoms with Gasteiger partial charge >= 0.3 is 0 Å². The van der Waals surface area contributed by atoms with Crippen molar-refractivity contribution >= 4 is 23.2 Å². The summed E-state index contributed by atoms with van der Waals surface area (Å²) in [5, 5.41) is 20.5. The molecule has 0 bridgehead atoms. The predicted molar refractivity (Wildman–Crippen MR) is 120 cm³/mol. The van der Waals surface area contributed by atoms with Gasteiger partial charge < -0.3 is 0 Å². The van der Waals surface area contributed by atoms with Crippen LogP contribution in [0.1, 0.15) is 54.1 Å². The number of hydrogen-bond donors (Lipinski definition) is 0. The van der Waals surface area contributed by atoms with Gasteiger partial charge in [0.2, 0.25) is 0 Å². The number of rotatable bonds is 7. The van der Waals surface area contributed by atoms with E-state index in [9.17, 15) is 14.9 Å². The van der Waals surface area contributed by atoms with E-state index in [4.69, 9.17) is 0 Å². The van der Waals surface area contributed by atoms with Crippen LogP contribution in [0.4, 0.5) is 5.69 Å². The van der Waals surface area contributed by atoms with Gasteiger partial charge in [0.1, 0.15) is 0 Å². The smallest absolute Gasteiger partial charge is 0.269 e. The van der Waals surface area contributed by atoms with Crippen LogP contribution < -0.4 is 0 Å². The lowest BCUT2D eigenvalue weighted by molar-refractivity contribution is -0.384. The van der Waals surface area contributed by atoms with Gasteiger partial charge in [-0.15, -0.1) is 10.2 Å². The summed E-state index contributed by atoms with van der Waals surface area (Å²) in [6, 6.07) is 14.3. The largest absolute Gasteiger partial charge is 0.299 e. The number of thioether (sulfide) groups is 1. The molecule has 1 heterocycles. The van der Waals surface area contributed by atoms with Crippen molar-refractivity contribution in [2.24, 2.45) is 0 Å². The summed E-state index contributed by atoms with van der Waals surface area (Å²) in [5.74, 6) is 0.962. The van der Waals surface area contributed by atoms with E-state index >= 15 is 0 Å². The Balaban J connectivity index is 1.56. The molecule has 7 nitrogen and oxygen atoms in total. The molecule has 1 fully saturated rings. The molecule has 0 saturated heterocycles. The van der Waals surface area contributed by atoms with Crippen LogP contribution in [-0.4, -0.2) is 31.2 Å². The van der Waals surface area contributed by atoms with Crippen molar-refractivity contribution in [2.45, 2.75) is 50.2 Å². The van der Waals surface area contributed by atoms with Gasteiger partial charge in [-0.05, 0) is 31.9 Å². The number of nitrogens with zero attached hydrogens (tertiary/aromatic N) is 4. The molecule has 1 aliphatic carbocycles. The van der Waals surface area contributed by atoms with Crippen LogP contribution in [0.5, 0.6) is 0 Å². The number of hydrogen-bond acceptors (Lipinski definition) is 6. The first kappa shape index (κ1) is 21.2. The zero-order valence-corrected chi connectivity index (χ0v) is 18.2. The predicted octanol–water partition coefficient (Wildman–Crippen LogP) is 5.64. The van der Waals surface area contributed by atoms with E-state index in [2.05, 4.69) is 46.0 Å². The number of carbonyl (C=O) groups is 1. The Bertz CT molecular complexity index is 1070. The lowest BCUT2D eigenvalue weighted by Crippen LogP contribution is -2.15. The number of Topliss-reactive ketones (excluding diaryl/α,β-unsaturated/α-hetero) is 1. The molecule has 1 aliphatic rings. The molecule has 4 rings (SSSR count). The van der Waals surface area contributed by atoms with Crippen molar-refractivity contribution in [3.63, 3.8) is 0 Å². The molecule has 0 radical (unpaired) electrons. The Hall–Kier alpha value is -3.00. The average molecular weight is 437 g/mol. The molecular formula is C23H24N4O3S. The Labute approximate surface area is 185 Å². The Morgan fingerprint density at radius 2 is 1.74 bits per heavy atom. The quantitative estimate of drug-likeness (QED) is 0.206. The zero-order valence-electron chi connectivity index (χ0n) is 17.4. The molecule has 0 spiro atoms.